The number of aliphatic hydroxyl groups is 1. The number of amides is 1. The van der Waals surface area contributed by atoms with Gasteiger partial charge in [-0.25, -0.2) is 4.68 Å². The average molecular weight is 365 g/mol. The summed E-state index contributed by atoms with van der Waals surface area (Å²) in [4.78, 5) is 27.5. The number of hydrogen-bond acceptors (Lipinski definition) is 4. The van der Waals surface area contributed by atoms with E-state index in [4.69, 9.17) is 0 Å². The molecular formula is C21H23N3O3. The van der Waals surface area contributed by atoms with Crippen LogP contribution >= 0.6 is 0 Å². The number of aromatic nitrogens is 2. The van der Waals surface area contributed by atoms with E-state index in [1.54, 1.807) is 29.2 Å². The summed E-state index contributed by atoms with van der Waals surface area (Å²) >= 11 is 0. The van der Waals surface area contributed by atoms with E-state index in [0.29, 0.717) is 17.3 Å². The minimum Gasteiger partial charge on any atom is -0.395 e. The molecule has 140 valence electrons. The van der Waals surface area contributed by atoms with Gasteiger partial charge in [-0.3, -0.25) is 9.59 Å². The van der Waals surface area contributed by atoms with Crippen molar-refractivity contribution in [2.75, 3.05) is 13.2 Å². The number of nitrogens with zero attached hydrogens (tertiary/aromatic N) is 3. The maximum absolute atomic E-state index is 13.3. The lowest BCUT2D eigenvalue weighted by Crippen LogP contribution is -2.36. The van der Waals surface area contributed by atoms with Crippen LogP contribution in [0.1, 0.15) is 35.9 Å². The Morgan fingerprint density at radius 3 is 2.33 bits per heavy atom. The van der Waals surface area contributed by atoms with Crippen LogP contribution in [0.5, 0.6) is 0 Å². The summed E-state index contributed by atoms with van der Waals surface area (Å²) < 4.78 is 1.34. The molecule has 0 spiro atoms. The molecule has 6 heteroatoms. The number of carbonyl (C=O) groups is 1. The maximum Gasteiger partial charge on any atom is 0.275 e. The Balaban J connectivity index is 2.09. The highest BCUT2D eigenvalue weighted by molar-refractivity contribution is 6.04. The third-order valence-electron chi connectivity index (χ3n) is 4.39. The van der Waals surface area contributed by atoms with Gasteiger partial charge in [-0.15, -0.1) is 0 Å². The number of carbonyl (C=O) groups excluding carboxylic acids is 1. The van der Waals surface area contributed by atoms with Crippen molar-refractivity contribution in [1.82, 2.24) is 14.7 Å². The van der Waals surface area contributed by atoms with Crippen molar-refractivity contribution in [3.05, 3.63) is 76.2 Å². The molecule has 0 aliphatic carbocycles. The number of fused-ring (bicyclic) bond motifs is 1. The summed E-state index contributed by atoms with van der Waals surface area (Å²) in [6, 6.07) is 16.4. The minimum absolute atomic E-state index is 0.152. The third kappa shape index (κ3) is 3.90. The second-order valence-corrected chi connectivity index (χ2v) is 6.67. The molecule has 0 saturated heterocycles. The Bertz CT molecular complexity index is 996. The largest absolute Gasteiger partial charge is 0.395 e. The molecule has 3 rings (SSSR count). The molecule has 0 radical (unpaired) electrons. The van der Waals surface area contributed by atoms with Crippen LogP contribution in [-0.2, 0) is 6.54 Å². The quantitative estimate of drug-likeness (QED) is 0.729. The molecule has 0 unspecified atom stereocenters. The molecule has 1 heterocycles. The summed E-state index contributed by atoms with van der Waals surface area (Å²) in [7, 11) is 0. The molecule has 3 aromatic rings. The lowest BCUT2D eigenvalue weighted by atomic mass is 10.1. The monoisotopic (exact) mass is 365 g/mol. The first kappa shape index (κ1) is 18.8. The molecule has 1 amide bonds. The standard InChI is InChI=1S/C21H23N3O3/c1-15(2)24-20(26)18-11-7-6-10-17(18)19(22-24)21(27)23(12-13-25)14-16-8-4-3-5-9-16/h3-11,15,25H,12-14H2,1-2H3. The zero-order valence-electron chi connectivity index (χ0n) is 15.5. The van der Waals surface area contributed by atoms with Crippen LogP contribution in [0, 0.1) is 0 Å². The van der Waals surface area contributed by atoms with Gasteiger partial charge in [0.2, 0.25) is 0 Å². The van der Waals surface area contributed by atoms with Crippen LogP contribution in [0.15, 0.2) is 59.4 Å². The van der Waals surface area contributed by atoms with Gasteiger partial charge in [0, 0.05) is 18.5 Å². The first-order valence-corrected chi connectivity index (χ1v) is 8.98. The number of hydrogen-bond donors (Lipinski definition) is 1. The fourth-order valence-electron chi connectivity index (χ4n) is 3.04. The number of aliphatic hydroxyl groups excluding tert-OH is 1. The van der Waals surface area contributed by atoms with Crippen LogP contribution in [0.2, 0.25) is 0 Å². The molecule has 0 atom stereocenters. The Hall–Kier alpha value is -2.99. The zero-order chi connectivity index (χ0) is 19.4. The molecule has 0 fully saturated rings. The Labute approximate surface area is 157 Å². The summed E-state index contributed by atoms with van der Waals surface area (Å²) in [5.41, 5.74) is 0.970. The van der Waals surface area contributed by atoms with Crippen molar-refractivity contribution in [2.45, 2.75) is 26.4 Å². The highest BCUT2D eigenvalue weighted by atomic mass is 16.3. The zero-order valence-corrected chi connectivity index (χ0v) is 15.5. The van der Waals surface area contributed by atoms with Crippen molar-refractivity contribution in [2.24, 2.45) is 0 Å². The smallest absolute Gasteiger partial charge is 0.275 e. The van der Waals surface area contributed by atoms with Gasteiger partial charge >= 0.3 is 0 Å². The SMILES string of the molecule is CC(C)n1nc(C(=O)N(CCO)Cc2ccccc2)c2ccccc2c1=O. The predicted octanol–water partition coefficient (Wildman–Crippen LogP) is 2.61. The van der Waals surface area contributed by atoms with Crippen molar-refractivity contribution in [3.8, 4) is 0 Å². The van der Waals surface area contributed by atoms with Crippen LogP contribution in [0.25, 0.3) is 10.8 Å². The van der Waals surface area contributed by atoms with Crippen LogP contribution < -0.4 is 5.56 Å². The Kier molecular flexibility index (Phi) is 5.66. The van der Waals surface area contributed by atoms with Gasteiger partial charge in [0.15, 0.2) is 5.69 Å². The molecule has 0 aliphatic rings. The van der Waals surface area contributed by atoms with Gasteiger partial charge in [-0.2, -0.15) is 5.10 Å². The van der Waals surface area contributed by atoms with Gasteiger partial charge in [0.1, 0.15) is 0 Å². The van der Waals surface area contributed by atoms with Crippen LogP contribution in [0.3, 0.4) is 0 Å². The van der Waals surface area contributed by atoms with Gasteiger partial charge in [-0.05, 0) is 25.5 Å². The fraction of sp³-hybridized carbons (Fsp3) is 0.286. The van der Waals surface area contributed by atoms with Gasteiger partial charge in [-0.1, -0.05) is 48.5 Å². The van der Waals surface area contributed by atoms with Gasteiger partial charge in [0.25, 0.3) is 11.5 Å². The van der Waals surface area contributed by atoms with Crippen molar-refractivity contribution < 1.29 is 9.90 Å². The van der Waals surface area contributed by atoms with E-state index < -0.39 is 0 Å². The minimum atomic E-state index is -0.307. The summed E-state index contributed by atoms with van der Waals surface area (Å²) in [5.74, 6) is -0.307. The van der Waals surface area contributed by atoms with Crippen LogP contribution in [0.4, 0.5) is 0 Å². The van der Waals surface area contributed by atoms with Crippen molar-refractivity contribution in [3.63, 3.8) is 0 Å². The van der Waals surface area contributed by atoms with Gasteiger partial charge < -0.3 is 10.0 Å². The van der Waals surface area contributed by atoms with Gasteiger partial charge in [0.05, 0.1) is 18.0 Å². The Morgan fingerprint density at radius 2 is 1.70 bits per heavy atom. The predicted molar refractivity (Wildman–Crippen MR) is 105 cm³/mol. The van der Waals surface area contributed by atoms with Crippen molar-refractivity contribution in [1.29, 1.82) is 0 Å². The molecule has 0 saturated carbocycles. The normalized spacial score (nSPS) is 11.1. The van der Waals surface area contributed by atoms with E-state index in [0.717, 1.165) is 5.56 Å². The van der Waals surface area contributed by atoms with E-state index in [2.05, 4.69) is 5.10 Å². The maximum atomic E-state index is 13.3. The molecule has 2 aromatic carbocycles. The molecule has 27 heavy (non-hydrogen) atoms. The summed E-state index contributed by atoms with van der Waals surface area (Å²) in [6.45, 7) is 4.10. The molecule has 1 aromatic heterocycles. The van der Waals surface area contributed by atoms with Crippen LogP contribution in [-0.4, -0.2) is 38.8 Å². The fourth-order valence-corrected chi connectivity index (χ4v) is 3.04. The van der Waals surface area contributed by atoms with E-state index in [1.165, 1.54) is 4.68 Å². The number of rotatable bonds is 6. The lowest BCUT2D eigenvalue weighted by Gasteiger charge is -2.23. The summed E-state index contributed by atoms with van der Waals surface area (Å²) in [6.07, 6.45) is 0. The van der Waals surface area contributed by atoms with E-state index in [-0.39, 0.29) is 36.4 Å². The summed E-state index contributed by atoms with van der Waals surface area (Å²) in [5, 5.41) is 14.8. The van der Waals surface area contributed by atoms with E-state index in [9.17, 15) is 14.7 Å². The molecular weight excluding hydrogens is 342 g/mol. The third-order valence-corrected chi connectivity index (χ3v) is 4.39. The molecule has 0 aliphatic heterocycles. The lowest BCUT2D eigenvalue weighted by molar-refractivity contribution is 0.0701. The molecule has 6 nitrogen and oxygen atoms in total. The molecule has 1 N–H and O–H groups in total. The first-order valence-electron chi connectivity index (χ1n) is 8.98. The molecule has 0 bridgehead atoms. The average Bonchev–Trinajstić information content (AvgIpc) is 2.68. The second-order valence-electron chi connectivity index (χ2n) is 6.67. The first-order chi connectivity index (χ1) is 13.0. The Morgan fingerprint density at radius 1 is 1.07 bits per heavy atom. The topological polar surface area (TPSA) is 75.4 Å². The highest BCUT2D eigenvalue weighted by Gasteiger charge is 2.22. The number of benzene rings is 2. The van der Waals surface area contributed by atoms with Crippen molar-refractivity contribution >= 4 is 16.7 Å². The highest BCUT2D eigenvalue weighted by Crippen LogP contribution is 2.18. The second kappa shape index (κ2) is 8.14. The van der Waals surface area contributed by atoms with E-state index >= 15 is 0 Å². The van der Waals surface area contributed by atoms with E-state index in [1.807, 2.05) is 44.2 Å².